The molecule has 0 spiro atoms. The third-order valence-electron chi connectivity index (χ3n) is 2.93. The fourth-order valence-corrected chi connectivity index (χ4v) is 1.95. The van der Waals surface area contributed by atoms with E-state index in [1.807, 2.05) is 0 Å². The number of alkyl halides is 1. The van der Waals surface area contributed by atoms with Crippen molar-refractivity contribution in [2.45, 2.75) is 38.3 Å². The number of ether oxygens (including phenoxy) is 2. The van der Waals surface area contributed by atoms with Crippen molar-refractivity contribution in [1.82, 2.24) is 0 Å². The molecular formula is C14H17FO3. The van der Waals surface area contributed by atoms with E-state index in [2.05, 4.69) is 0 Å². The van der Waals surface area contributed by atoms with Gasteiger partial charge in [0.1, 0.15) is 0 Å². The first kappa shape index (κ1) is 13.2. The monoisotopic (exact) mass is 252 g/mol. The molecule has 0 N–H and O–H groups in total. The van der Waals surface area contributed by atoms with Crippen LogP contribution in [0.4, 0.5) is 4.39 Å². The molecule has 4 heteroatoms. The number of hydrogen-bond acceptors (Lipinski definition) is 3. The minimum atomic E-state index is -2.34. The summed E-state index contributed by atoms with van der Waals surface area (Å²) in [4.78, 5) is 12.0. The van der Waals surface area contributed by atoms with Gasteiger partial charge in [-0.15, -0.1) is 0 Å². The molecule has 1 fully saturated rings. The van der Waals surface area contributed by atoms with Crippen LogP contribution in [0, 0.1) is 0 Å². The van der Waals surface area contributed by atoms with Gasteiger partial charge in [0.2, 0.25) is 5.78 Å². The molecule has 2 rings (SSSR count). The smallest absolute Gasteiger partial charge is 0.272 e. The standard InChI is InChI=1S/C14H17FO3/c1-14(15,18-12-9-5-6-10-17-12)13(16)11-7-3-2-4-8-11/h2-4,7-8,12H,5-6,9-10H2,1H3. The molecule has 1 aromatic rings. The number of ketones is 1. The Morgan fingerprint density at radius 1 is 1.39 bits per heavy atom. The first-order valence-electron chi connectivity index (χ1n) is 6.18. The zero-order valence-electron chi connectivity index (χ0n) is 10.4. The largest absolute Gasteiger partial charge is 0.353 e. The lowest BCUT2D eigenvalue weighted by Gasteiger charge is -2.28. The van der Waals surface area contributed by atoms with Gasteiger partial charge in [0.05, 0.1) is 0 Å². The fraction of sp³-hybridized carbons (Fsp3) is 0.500. The molecule has 3 nitrogen and oxygen atoms in total. The minimum Gasteiger partial charge on any atom is -0.353 e. The van der Waals surface area contributed by atoms with Crippen LogP contribution in [-0.4, -0.2) is 24.5 Å². The molecule has 0 aromatic heterocycles. The van der Waals surface area contributed by atoms with Gasteiger partial charge in [-0.05, 0) is 19.3 Å². The van der Waals surface area contributed by atoms with Gasteiger partial charge >= 0.3 is 0 Å². The highest BCUT2D eigenvalue weighted by molar-refractivity contribution is 6.01. The van der Waals surface area contributed by atoms with Gasteiger partial charge in [-0.2, -0.15) is 0 Å². The molecule has 0 radical (unpaired) electrons. The number of Topliss-reactive ketones (excluding diaryl/α,β-unsaturated/α-hetero) is 1. The van der Waals surface area contributed by atoms with Crippen LogP contribution < -0.4 is 0 Å². The quantitative estimate of drug-likeness (QED) is 0.772. The predicted molar refractivity (Wildman–Crippen MR) is 65.0 cm³/mol. The molecule has 0 aliphatic carbocycles. The SMILES string of the molecule is CC(F)(OC1CCCCO1)C(=O)c1ccccc1. The maximum absolute atomic E-state index is 14.3. The van der Waals surface area contributed by atoms with Crippen molar-refractivity contribution in [2.75, 3.05) is 6.61 Å². The van der Waals surface area contributed by atoms with E-state index in [-0.39, 0.29) is 0 Å². The Bertz CT molecular complexity index is 397. The Labute approximate surface area is 106 Å². The molecular weight excluding hydrogens is 235 g/mol. The van der Waals surface area contributed by atoms with Crippen molar-refractivity contribution in [2.24, 2.45) is 0 Å². The second-order valence-corrected chi connectivity index (χ2v) is 4.53. The first-order valence-corrected chi connectivity index (χ1v) is 6.18. The van der Waals surface area contributed by atoms with E-state index >= 15 is 0 Å². The van der Waals surface area contributed by atoms with E-state index in [0.29, 0.717) is 18.6 Å². The molecule has 0 saturated carbocycles. The van der Waals surface area contributed by atoms with E-state index in [1.165, 1.54) is 0 Å². The summed E-state index contributed by atoms with van der Waals surface area (Å²) in [7, 11) is 0. The molecule has 1 aromatic carbocycles. The van der Waals surface area contributed by atoms with Crippen LogP contribution in [0.1, 0.15) is 36.5 Å². The van der Waals surface area contributed by atoms with E-state index in [9.17, 15) is 9.18 Å². The van der Waals surface area contributed by atoms with Crippen LogP contribution in [-0.2, 0) is 9.47 Å². The average molecular weight is 252 g/mol. The summed E-state index contributed by atoms with van der Waals surface area (Å²) in [6, 6.07) is 8.31. The summed E-state index contributed by atoms with van der Waals surface area (Å²) in [5.41, 5.74) is 0.304. The number of hydrogen-bond donors (Lipinski definition) is 0. The topological polar surface area (TPSA) is 35.5 Å². The molecule has 2 unspecified atom stereocenters. The lowest BCUT2D eigenvalue weighted by Crippen LogP contribution is -2.39. The Balaban J connectivity index is 2.03. The van der Waals surface area contributed by atoms with Gasteiger partial charge < -0.3 is 9.47 Å². The molecule has 98 valence electrons. The van der Waals surface area contributed by atoms with Gasteiger partial charge in [0.25, 0.3) is 5.85 Å². The third kappa shape index (κ3) is 3.15. The highest BCUT2D eigenvalue weighted by Gasteiger charge is 2.38. The zero-order valence-corrected chi connectivity index (χ0v) is 10.4. The highest BCUT2D eigenvalue weighted by atomic mass is 19.2. The van der Waals surface area contributed by atoms with E-state index in [1.54, 1.807) is 30.3 Å². The summed E-state index contributed by atoms with van der Waals surface area (Å²) < 4.78 is 24.7. The Morgan fingerprint density at radius 2 is 2.11 bits per heavy atom. The second-order valence-electron chi connectivity index (χ2n) is 4.53. The predicted octanol–water partition coefficient (Wildman–Crippen LogP) is 3.10. The number of halogens is 1. The minimum absolute atomic E-state index is 0.304. The lowest BCUT2D eigenvalue weighted by atomic mass is 10.1. The maximum Gasteiger partial charge on any atom is 0.272 e. The van der Waals surface area contributed by atoms with E-state index in [0.717, 1.165) is 19.8 Å². The van der Waals surface area contributed by atoms with Crippen molar-refractivity contribution in [3.8, 4) is 0 Å². The normalized spacial score (nSPS) is 23.3. The average Bonchev–Trinajstić information content (AvgIpc) is 2.39. The number of benzene rings is 1. The van der Waals surface area contributed by atoms with Crippen LogP contribution in [0.15, 0.2) is 30.3 Å². The fourth-order valence-electron chi connectivity index (χ4n) is 1.95. The summed E-state index contributed by atoms with van der Waals surface area (Å²) in [6.07, 6.45) is 1.89. The number of rotatable bonds is 4. The van der Waals surface area contributed by atoms with Crippen molar-refractivity contribution in [3.63, 3.8) is 0 Å². The van der Waals surface area contributed by atoms with Crippen molar-refractivity contribution in [3.05, 3.63) is 35.9 Å². The molecule has 1 saturated heterocycles. The maximum atomic E-state index is 14.3. The van der Waals surface area contributed by atoms with Gasteiger partial charge in [-0.3, -0.25) is 4.79 Å². The summed E-state index contributed by atoms with van der Waals surface area (Å²) >= 11 is 0. The molecule has 0 bridgehead atoms. The van der Waals surface area contributed by atoms with E-state index in [4.69, 9.17) is 9.47 Å². The Morgan fingerprint density at radius 3 is 2.72 bits per heavy atom. The van der Waals surface area contributed by atoms with Gasteiger partial charge in [0.15, 0.2) is 6.29 Å². The van der Waals surface area contributed by atoms with Crippen LogP contribution in [0.3, 0.4) is 0 Å². The molecule has 2 atom stereocenters. The number of carbonyl (C=O) groups is 1. The van der Waals surface area contributed by atoms with Crippen LogP contribution >= 0.6 is 0 Å². The molecule has 0 amide bonds. The Kier molecular flexibility index (Phi) is 4.09. The lowest BCUT2D eigenvalue weighted by molar-refractivity contribution is -0.240. The highest BCUT2D eigenvalue weighted by Crippen LogP contribution is 2.25. The van der Waals surface area contributed by atoms with Crippen LogP contribution in [0.25, 0.3) is 0 Å². The van der Waals surface area contributed by atoms with E-state index < -0.39 is 17.9 Å². The number of carbonyl (C=O) groups excluding carboxylic acids is 1. The zero-order chi connectivity index (χ0) is 13.0. The van der Waals surface area contributed by atoms with Gasteiger partial charge in [-0.25, -0.2) is 4.39 Å². The molecule has 1 aliphatic heterocycles. The molecule has 1 aliphatic rings. The van der Waals surface area contributed by atoms with Crippen LogP contribution in [0.2, 0.25) is 0 Å². The van der Waals surface area contributed by atoms with Crippen molar-refractivity contribution < 1.29 is 18.7 Å². The molecule has 18 heavy (non-hydrogen) atoms. The van der Waals surface area contributed by atoms with Crippen molar-refractivity contribution >= 4 is 5.78 Å². The second kappa shape index (κ2) is 5.59. The third-order valence-corrected chi connectivity index (χ3v) is 2.93. The van der Waals surface area contributed by atoms with Gasteiger partial charge in [0, 0.05) is 19.1 Å². The first-order chi connectivity index (χ1) is 8.59. The van der Waals surface area contributed by atoms with Gasteiger partial charge in [-0.1, -0.05) is 30.3 Å². The summed E-state index contributed by atoms with van der Waals surface area (Å²) in [5.74, 6) is -3.01. The Hall–Kier alpha value is -1.26. The van der Waals surface area contributed by atoms with Crippen LogP contribution in [0.5, 0.6) is 0 Å². The summed E-state index contributed by atoms with van der Waals surface area (Å²) in [5, 5.41) is 0. The summed E-state index contributed by atoms with van der Waals surface area (Å²) in [6.45, 7) is 1.70. The molecule has 1 heterocycles. The van der Waals surface area contributed by atoms with Crippen molar-refractivity contribution in [1.29, 1.82) is 0 Å².